The normalized spacial score (nSPS) is 11.5. The highest BCUT2D eigenvalue weighted by molar-refractivity contribution is 8.08. The quantitative estimate of drug-likeness (QED) is 0.809. The Balaban J connectivity index is 2.22. The van der Waals surface area contributed by atoms with Crippen LogP contribution in [0.3, 0.4) is 0 Å². The molecule has 0 bridgehead atoms. The summed E-state index contributed by atoms with van der Waals surface area (Å²) in [5.41, 5.74) is 1.19. The first kappa shape index (κ1) is 12.9. The number of hydrogen-bond acceptors (Lipinski definition) is 2. The van der Waals surface area contributed by atoms with Crippen molar-refractivity contribution in [2.75, 3.05) is 6.61 Å². The number of aliphatic hydroxyl groups is 1. The summed E-state index contributed by atoms with van der Waals surface area (Å²) < 4.78 is 0. The van der Waals surface area contributed by atoms with Gasteiger partial charge >= 0.3 is 0 Å². The Kier molecular flexibility index (Phi) is 5.06. The van der Waals surface area contributed by atoms with E-state index in [-0.39, 0.29) is 6.61 Å². The third kappa shape index (κ3) is 3.76. The Morgan fingerprint density at radius 3 is 2.17 bits per heavy atom. The van der Waals surface area contributed by atoms with Gasteiger partial charge in [-0.3, -0.25) is 0 Å². The summed E-state index contributed by atoms with van der Waals surface area (Å²) in [5, 5.41) is 8.97. The minimum Gasteiger partial charge on any atom is -0.396 e. The average Bonchev–Trinajstić information content (AvgIpc) is 2.45. The summed E-state index contributed by atoms with van der Waals surface area (Å²) in [4.78, 5) is 2.40. The maximum Gasteiger partial charge on any atom is 0.0466 e. The van der Waals surface area contributed by atoms with Crippen LogP contribution in [-0.2, 0) is 0 Å². The van der Waals surface area contributed by atoms with Crippen molar-refractivity contribution < 1.29 is 5.11 Å². The van der Waals surface area contributed by atoms with Gasteiger partial charge in [-0.1, -0.05) is 66.4 Å². The molecule has 1 nitrogen and oxygen atoms in total. The Labute approximate surface area is 112 Å². The fraction of sp³-hybridized carbons (Fsp3) is 0.125. The van der Waals surface area contributed by atoms with E-state index >= 15 is 0 Å². The topological polar surface area (TPSA) is 20.2 Å². The highest BCUT2D eigenvalue weighted by Crippen LogP contribution is 2.34. The molecule has 2 rings (SSSR count). The Morgan fingerprint density at radius 1 is 0.944 bits per heavy atom. The monoisotopic (exact) mass is 256 g/mol. The molecule has 0 unspecified atom stereocenters. The van der Waals surface area contributed by atoms with E-state index in [9.17, 15) is 0 Å². The molecule has 0 spiro atoms. The van der Waals surface area contributed by atoms with Crippen LogP contribution in [0.25, 0.3) is 4.91 Å². The first-order chi connectivity index (χ1) is 8.90. The van der Waals surface area contributed by atoms with E-state index in [0.29, 0.717) is 6.42 Å². The zero-order valence-corrected chi connectivity index (χ0v) is 10.9. The maximum absolute atomic E-state index is 8.97. The van der Waals surface area contributed by atoms with E-state index in [4.69, 9.17) is 5.11 Å². The summed E-state index contributed by atoms with van der Waals surface area (Å²) in [6, 6.07) is 20.6. The summed E-state index contributed by atoms with van der Waals surface area (Å²) in [5.74, 6) is 0. The van der Waals surface area contributed by atoms with E-state index in [1.165, 1.54) is 15.4 Å². The first-order valence-corrected chi connectivity index (χ1v) is 6.81. The van der Waals surface area contributed by atoms with Gasteiger partial charge in [-0.15, -0.1) is 0 Å². The van der Waals surface area contributed by atoms with Crippen LogP contribution in [0.5, 0.6) is 0 Å². The molecule has 0 amide bonds. The van der Waals surface area contributed by atoms with Gasteiger partial charge in [0, 0.05) is 16.4 Å². The van der Waals surface area contributed by atoms with Crippen LogP contribution in [0.15, 0.2) is 71.6 Å². The van der Waals surface area contributed by atoms with Crippen LogP contribution in [-0.4, -0.2) is 11.7 Å². The van der Waals surface area contributed by atoms with Crippen molar-refractivity contribution in [3.05, 3.63) is 72.3 Å². The van der Waals surface area contributed by atoms with Gasteiger partial charge in [-0.05, 0) is 24.1 Å². The number of hydrogen-bond donors (Lipinski definition) is 1. The summed E-state index contributed by atoms with van der Waals surface area (Å²) >= 11 is 1.73. The molecule has 0 saturated heterocycles. The number of thioether (sulfide) groups is 1. The van der Waals surface area contributed by atoms with Crippen LogP contribution in [0.1, 0.15) is 12.0 Å². The molecule has 0 atom stereocenters. The lowest BCUT2D eigenvalue weighted by atomic mass is 10.2. The van der Waals surface area contributed by atoms with Gasteiger partial charge in [-0.2, -0.15) is 0 Å². The van der Waals surface area contributed by atoms with Gasteiger partial charge in [0.25, 0.3) is 0 Å². The average molecular weight is 256 g/mol. The lowest BCUT2D eigenvalue weighted by Gasteiger charge is -2.07. The van der Waals surface area contributed by atoms with Crippen LogP contribution in [0.4, 0.5) is 0 Å². The molecule has 92 valence electrons. The minimum absolute atomic E-state index is 0.186. The van der Waals surface area contributed by atoms with Crippen molar-refractivity contribution in [1.82, 2.24) is 0 Å². The number of rotatable bonds is 5. The third-order valence-electron chi connectivity index (χ3n) is 2.49. The van der Waals surface area contributed by atoms with Crippen molar-refractivity contribution in [1.29, 1.82) is 0 Å². The van der Waals surface area contributed by atoms with E-state index in [1.807, 2.05) is 36.4 Å². The van der Waals surface area contributed by atoms with Gasteiger partial charge in [0.05, 0.1) is 0 Å². The molecule has 0 radical (unpaired) electrons. The smallest absolute Gasteiger partial charge is 0.0466 e. The minimum atomic E-state index is 0.186. The van der Waals surface area contributed by atoms with Crippen LogP contribution in [0, 0.1) is 0 Å². The molecule has 0 fully saturated rings. The van der Waals surface area contributed by atoms with E-state index < -0.39 is 0 Å². The molecule has 18 heavy (non-hydrogen) atoms. The molecule has 0 heterocycles. The Bertz CT molecular complexity index is 491. The molecule has 0 aliphatic heterocycles. The lowest BCUT2D eigenvalue weighted by molar-refractivity contribution is 0.303. The molecule has 2 heteroatoms. The molecule has 2 aromatic rings. The van der Waals surface area contributed by atoms with E-state index in [0.717, 1.165) is 0 Å². The zero-order chi connectivity index (χ0) is 12.6. The second-order valence-corrected chi connectivity index (χ2v) is 4.98. The van der Waals surface area contributed by atoms with Crippen molar-refractivity contribution in [2.45, 2.75) is 11.3 Å². The second-order valence-electron chi connectivity index (χ2n) is 3.86. The van der Waals surface area contributed by atoms with Crippen molar-refractivity contribution >= 4 is 16.7 Å². The molecule has 0 aliphatic rings. The Morgan fingerprint density at radius 2 is 1.56 bits per heavy atom. The van der Waals surface area contributed by atoms with Gasteiger partial charge < -0.3 is 5.11 Å². The second kappa shape index (κ2) is 7.04. The van der Waals surface area contributed by atoms with E-state index in [2.05, 4.69) is 30.3 Å². The largest absolute Gasteiger partial charge is 0.396 e. The van der Waals surface area contributed by atoms with Gasteiger partial charge in [-0.25, -0.2) is 0 Å². The van der Waals surface area contributed by atoms with Crippen molar-refractivity contribution in [3.8, 4) is 0 Å². The SMILES string of the molecule is OCC/C=C(\Sc1ccccc1)c1ccccc1. The molecule has 2 aromatic carbocycles. The fourth-order valence-corrected chi connectivity index (χ4v) is 2.63. The molecule has 1 N–H and O–H groups in total. The zero-order valence-electron chi connectivity index (χ0n) is 10.1. The fourth-order valence-electron chi connectivity index (χ4n) is 1.63. The third-order valence-corrected chi connectivity index (χ3v) is 3.62. The Hall–Kier alpha value is -1.51. The summed E-state index contributed by atoms with van der Waals surface area (Å²) in [6.07, 6.45) is 2.77. The summed E-state index contributed by atoms with van der Waals surface area (Å²) in [7, 11) is 0. The number of benzene rings is 2. The van der Waals surface area contributed by atoms with Crippen LogP contribution < -0.4 is 0 Å². The summed E-state index contributed by atoms with van der Waals surface area (Å²) in [6.45, 7) is 0.186. The molecule has 0 aliphatic carbocycles. The van der Waals surface area contributed by atoms with Crippen LogP contribution >= 0.6 is 11.8 Å². The van der Waals surface area contributed by atoms with Crippen molar-refractivity contribution in [2.24, 2.45) is 0 Å². The van der Waals surface area contributed by atoms with Gasteiger partial charge in [0.15, 0.2) is 0 Å². The molecule has 0 saturated carbocycles. The van der Waals surface area contributed by atoms with Gasteiger partial charge in [0.2, 0.25) is 0 Å². The maximum atomic E-state index is 8.97. The van der Waals surface area contributed by atoms with E-state index in [1.54, 1.807) is 11.8 Å². The lowest BCUT2D eigenvalue weighted by Crippen LogP contribution is -1.83. The van der Waals surface area contributed by atoms with Crippen molar-refractivity contribution in [3.63, 3.8) is 0 Å². The van der Waals surface area contributed by atoms with Gasteiger partial charge in [0.1, 0.15) is 0 Å². The van der Waals surface area contributed by atoms with Crippen LogP contribution in [0.2, 0.25) is 0 Å². The predicted octanol–water partition coefficient (Wildman–Crippen LogP) is 4.20. The highest BCUT2D eigenvalue weighted by atomic mass is 32.2. The molecule has 0 aromatic heterocycles. The highest BCUT2D eigenvalue weighted by Gasteiger charge is 2.03. The molecular weight excluding hydrogens is 240 g/mol. The predicted molar refractivity (Wildman–Crippen MR) is 78.4 cm³/mol. The standard InChI is InChI=1S/C16H16OS/c17-13-7-12-16(14-8-3-1-4-9-14)18-15-10-5-2-6-11-15/h1-6,8-12,17H,7,13H2/b16-12-. The first-order valence-electron chi connectivity index (χ1n) is 5.99. The number of aliphatic hydroxyl groups excluding tert-OH is 1. The molecular formula is C16H16OS.